The predicted octanol–water partition coefficient (Wildman–Crippen LogP) is 4.28. The molecular formula is C19H21N3OS. The maximum Gasteiger partial charge on any atom is 0.144 e. The van der Waals surface area contributed by atoms with Crippen LogP contribution in [0.25, 0.3) is 5.69 Å². The lowest BCUT2D eigenvalue weighted by atomic mass is 10.1. The minimum absolute atomic E-state index is 0.844. The molecule has 0 amide bonds. The van der Waals surface area contributed by atoms with Gasteiger partial charge in [0.2, 0.25) is 0 Å². The average Bonchev–Trinajstić information content (AvgIpc) is 3.17. The molecule has 0 saturated heterocycles. The Bertz CT molecular complexity index is 823. The lowest BCUT2D eigenvalue weighted by Crippen LogP contribution is -2.08. The van der Waals surface area contributed by atoms with E-state index < -0.39 is 0 Å². The van der Waals surface area contributed by atoms with Gasteiger partial charge in [0.25, 0.3) is 0 Å². The highest BCUT2D eigenvalue weighted by Gasteiger charge is 2.22. The van der Waals surface area contributed by atoms with E-state index in [1.807, 2.05) is 22.9 Å². The molecule has 0 atom stereocenters. The quantitative estimate of drug-likeness (QED) is 0.771. The third-order valence-corrected chi connectivity index (χ3v) is 5.32. The summed E-state index contributed by atoms with van der Waals surface area (Å²) >= 11 is 1.79. The van der Waals surface area contributed by atoms with Gasteiger partial charge in [0.15, 0.2) is 0 Å². The summed E-state index contributed by atoms with van der Waals surface area (Å²) in [6.07, 6.45) is 4.37. The number of aromatic nitrogens is 2. The highest BCUT2D eigenvalue weighted by atomic mass is 32.1. The van der Waals surface area contributed by atoms with E-state index in [0.717, 1.165) is 36.6 Å². The zero-order valence-electron chi connectivity index (χ0n) is 13.8. The van der Waals surface area contributed by atoms with E-state index >= 15 is 0 Å². The minimum Gasteiger partial charge on any atom is -0.494 e. The number of ether oxygens (including phenoxy) is 1. The van der Waals surface area contributed by atoms with Crippen molar-refractivity contribution in [2.24, 2.45) is 0 Å². The number of anilines is 1. The fourth-order valence-electron chi connectivity index (χ4n) is 3.27. The molecule has 4 rings (SSSR count). The van der Waals surface area contributed by atoms with Crippen molar-refractivity contribution in [3.63, 3.8) is 0 Å². The molecule has 0 fully saturated rings. The summed E-state index contributed by atoms with van der Waals surface area (Å²) in [6.45, 7) is 0.992. The van der Waals surface area contributed by atoms with Gasteiger partial charge in [-0.1, -0.05) is 18.2 Å². The first kappa shape index (κ1) is 15.3. The van der Waals surface area contributed by atoms with Gasteiger partial charge in [-0.25, -0.2) is 4.68 Å². The van der Waals surface area contributed by atoms with E-state index in [2.05, 4.69) is 28.9 Å². The van der Waals surface area contributed by atoms with Crippen LogP contribution in [0.5, 0.6) is 5.75 Å². The molecule has 1 aromatic carbocycles. The summed E-state index contributed by atoms with van der Waals surface area (Å²) in [4.78, 5) is 1.35. The number of nitrogens with one attached hydrogen (secondary N) is 1. The molecule has 2 aromatic heterocycles. The molecule has 1 aliphatic heterocycles. The number of nitrogens with zero attached hydrogens (tertiary/aromatic N) is 2. The highest BCUT2D eigenvalue weighted by Crippen LogP contribution is 2.32. The SMILES string of the molecule is COc1ccccc1-n1nc(Cc2cccs2)c2c1NCCCC2. The molecule has 0 radical (unpaired) electrons. The molecule has 0 unspecified atom stereocenters. The second kappa shape index (κ2) is 6.69. The van der Waals surface area contributed by atoms with E-state index in [-0.39, 0.29) is 0 Å². The molecule has 0 spiro atoms. The molecule has 4 nitrogen and oxygen atoms in total. The standard InChI is InChI=1S/C19H21N3OS/c1-23-18-10-3-2-9-17(18)22-19-15(8-4-5-11-20-19)16(21-22)13-14-7-6-12-24-14/h2-3,6-7,9-10,12,20H,4-5,8,11,13H2,1H3. The zero-order valence-corrected chi connectivity index (χ0v) is 14.6. The number of fused-ring (bicyclic) bond motifs is 1. The third-order valence-electron chi connectivity index (χ3n) is 4.45. The van der Waals surface area contributed by atoms with Crippen molar-refractivity contribution in [3.05, 3.63) is 57.9 Å². The lowest BCUT2D eigenvalue weighted by molar-refractivity contribution is 0.412. The molecule has 24 heavy (non-hydrogen) atoms. The minimum atomic E-state index is 0.844. The monoisotopic (exact) mass is 339 g/mol. The average molecular weight is 339 g/mol. The van der Waals surface area contributed by atoms with Gasteiger partial charge in [-0.2, -0.15) is 5.10 Å². The van der Waals surface area contributed by atoms with Crippen LogP contribution in [0.4, 0.5) is 5.82 Å². The molecular weight excluding hydrogens is 318 g/mol. The first-order valence-corrected chi connectivity index (χ1v) is 9.25. The van der Waals surface area contributed by atoms with Crippen LogP contribution in [0.1, 0.15) is 29.0 Å². The first-order valence-electron chi connectivity index (χ1n) is 8.37. The summed E-state index contributed by atoms with van der Waals surface area (Å²) in [7, 11) is 1.71. The van der Waals surface area contributed by atoms with Crippen LogP contribution < -0.4 is 10.1 Å². The Kier molecular flexibility index (Phi) is 4.26. The van der Waals surface area contributed by atoms with Gasteiger partial charge >= 0.3 is 0 Å². The third kappa shape index (κ3) is 2.80. The highest BCUT2D eigenvalue weighted by molar-refractivity contribution is 7.09. The number of benzene rings is 1. The van der Waals surface area contributed by atoms with Gasteiger partial charge in [-0.15, -0.1) is 11.3 Å². The fourth-order valence-corrected chi connectivity index (χ4v) is 3.98. The molecule has 5 heteroatoms. The van der Waals surface area contributed by atoms with Crippen LogP contribution >= 0.6 is 11.3 Å². The number of hydrogen-bond donors (Lipinski definition) is 1. The maximum absolute atomic E-state index is 5.55. The van der Waals surface area contributed by atoms with Crippen molar-refractivity contribution < 1.29 is 4.74 Å². The fraction of sp³-hybridized carbons (Fsp3) is 0.316. The van der Waals surface area contributed by atoms with E-state index in [4.69, 9.17) is 9.84 Å². The summed E-state index contributed by atoms with van der Waals surface area (Å²) in [6, 6.07) is 12.4. The second-order valence-corrected chi connectivity index (χ2v) is 7.03. The molecule has 3 aromatic rings. The van der Waals surface area contributed by atoms with Gasteiger partial charge in [0, 0.05) is 23.4 Å². The van der Waals surface area contributed by atoms with E-state index in [1.165, 1.54) is 29.0 Å². The topological polar surface area (TPSA) is 39.1 Å². The van der Waals surface area contributed by atoms with Crippen molar-refractivity contribution in [2.75, 3.05) is 19.0 Å². The molecule has 1 aliphatic rings. The molecule has 124 valence electrons. The van der Waals surface area contributed by atoms with Crippen molar-refractivity contribution in [3.8, 4) is 11.4 Å². The Morgan fingerprint density at radius 2 is 2.12 bits per heavy atom. The van der Waals surface area contributed by atoms with Crippen LogP contribution in [-0.2, 0) is 12.8 Å². The van der Waals surface area contributed by atoms with Crippen LogP contribution in [-0.4, -0.2) is 23.4 Å². The van der Waals surface area contributed by atoms with Gasteiger partial charge in [-0.3, -0.25) is 0 Å². The normalized spacial score (nSPS) is 13.9. The van der Waals surface area contributed by atoms with Crippen molar-refractivity contribution in [1.82, 2.24) is 9.78 Å². The first-order chi connectivity index (χ1) is 11.9. The number of para-hydroxylation sites is 2. The van der Waals surface area contributed by atoms with Gasteiger partial charge in [0.05, 0.1) is 12.8 Å². The lowest BCUT2D eigenvalue weighted by Gasteiger charge is -2.12. The predicted molar refractivity (Wildman–Crippen MR) is 98.7 cm³/mol. The van der Waals surface area contributed by atoms with Crippen LogP contribution in [0.3, 0.4) is 0 Å². The van der Waals surface area contributed by atoms with Crippen LogP contribution in [0.15, 0.2) is 41.8 Å². The summed E-state index contributed by atoms with van der Waals surface area (Å²) in [5.74, 6) is 1.97. The van der Waals surface area contributed by atoms with Crippen molar-refractivity contribution in [1.29, 1.82) is 0 Å². The molecule has 0 saturated carbocycles. The summed E-state index contributed by atoms with van der Waals surface area (Å²) < 4.78 is 7.58. The summed E-state index contributed by atoms with van der Waals surface area (Å²) in [5, 5.41) is 10.7. The number of thiophene rings is 1. The van der Waals surface area contributed by atoms with Crippen molar-refractivity contribution in [2.45, 2.75) is 25.7 Å². The van der Waals surface area contributed by atoms with Crippen LogP contribution in [0.2, 0.25) is 0 Å². The second-order valence-electron chi connectivity index (χ2n) is 6.00. The Labute approximate surface area is 146 Å². The number of rotatable bonds is 4. The molecule has 0 bridgehead atoms. The molecule has 1 N–H and O–H groups in total. The Morgan fingerprint density at radius 1 is 1.21 bits per heavy atom. The van der Waals surface area contributed by atoms with Gasteiger partial charge in [-0.05, 0) is 42.8 Å². The van der Waals surface area contributed by atoms with Crippen LogP contribution in [0, 0.1) is 0 Å². The van der Waals surface area contributed by atoms with Crippen molar-refractivity contribution >= 4 is 17.2 Å². The van der Waals surface area contributed by atoms with Gasteiger partial charge in [0.1, 0.15) is 17.3 Å². The summed E-state index contributed by atoms with van der Waals surface area (Å²) in [5.41, 5.74) is 3.52. The Balaban J connectivity index is 1.83. The molecule has 3 heterocycles. The van der Waals surface area contributed by atoms with E-state index in [1.54, 1.807) is 18.4 Å². The Hall–Kier alpha value is -2.27. The molecule has 0 aliphatic carbocycles. The maximum atomic E-state index is 5.55. The number of hydrogen-bond acceptors (Lipinski definition) is 4. The van der Waals surface area contributed by atoms with Gasteiger partial charge < -0.3 is 10.1 Å². The number of methoxy groups -OCH3 is 1. The van der Waals surface area contributed by atoms with E-state index in [0.29, 0.717) is 0 Å². The largest absolute Gasteiger partial charge is 0.494 e. The van der Waals surface area contributed by atoms with E-state index in [9.17, 15) is 0 Å². The Morgan fingerprint density at radius 3 is 2.96 bits per heavy atom. The smallest absolute Gasteiger partial charge is 0.144 e. The zero-order chi connectivity index (χ0) is 16.4.